The minimum Gasteiger partial charge on any atom is -0.323 e. The molecule has 0 unspecified atom stereocenters. The number of hydrogen-bond donors (Lipinski definition) is 3. The Kier molecular flexibility index (Phi) is 5.43. The fourth-order valence-corrected chi connectivity index (χ4v) is 3.22. The number of carbonyl (C=O) groups is 1. The van der Waals surface area contributed by atoms with Gasteiger partial charge < -0.3 is 10.6 Å². The predicted molar refractivity (Wildman–Crippen MR) is 96.6 cm³/mol. The van der Waals surface area contributed by atoms with Crippen LogP contribution in [0, 0.1) is 20.8 Å². The minimum absolute atomic E-state index is 0.0234. The van der Waals surface area contributed by atoms with Crippen LogP contribution >= 0.6 is 0 Å². The monoisotopic (exact) mass is 342 g/mol. The summed E-state index contributed by atoms with van der Waals surface area (Å²) >= 11 is 0. The molecule has 25 heavy (non-hydrogen) atoms. The molecule has 3 rings (SSSR count). The normalized spacial score (nSPS) is 17.5. The lowest BCUT2D eigenvalue weighted by Gasteiger charge is -2.22. The molecule has 0 saturated carbocycles. The van der Waals surface area contributed by atoms with Crippen molar-refractivity contribution in [1.82, 2.24) is 25.5 Å². The molecule has 0 aromatic carbocycles. The molecule has 0 radical (unpaired) electrons. The summed E-state index contributed by atoms with van der Waals surface area (Å²) in [5.74, 6) is 1.26. The average molecular weight is 342 g/mol. The molecule has 0 spiro atoms. The number of rotatable bonds is 5. The second-order valence-corrected chi connectivity index (χ2v) is 6.76. The Balaban J connectivity index is 1.62. The largest absolute Gasteiger partial charge is 0.323 e. The van der Waals surface area contributed by atoms with Crippen LogP contribution in [-0.4, -0.2) is 39.2 Å². The average Bonchev–Trinajstić information content (AvgIpc) is 2.92. The Labute approximate surface area is 148 Å². The van der Waals surface area contributed by atoms with Crippen LogP contribution in [-0.2, 0) is 11.2 Å². The molecule has 3 heterocycles. The lowest BCUT2D eigenvalue weighted by atomic mass is 9.98. The molecular formula is C18H26N6O. The number of aryl methyl sites for hydroxylation is 4. The molecule has 1 aliphatic rings. The fraction of sp³-hybridized carbons (Fsp3) is 0.556. The highest BCUT2D eigenvalue weighted by Crippen LogP contribution is 2.21. The van der Waals surface area contributed by atoms with Crippen molar-refractivity contribution in [3.63, 3.8) is 0 Å². The van der Waals surface area contributed by atoms with Gasteiger partial charge in [0.2, 0.25) is 5.91 Å². The van der Waals surface area contributed by atoms with Crippen LogP contribution in [0.3, 0.4) is 0 Å². The maximum Gasteiger partial charge on any atom is 0.224 e. The number of H-pyrrole nitrogens is 1. The topological polar surface area (TPSA) is 95.6 Å². The minimum atomic E-state index is -0.0234. The first-order valence-corrected chi connectivity index (χ1v) is 8.89. The van der Waals surface area contributed by atoms with Gasteiger partial charge in [0.25, 0.3) is 0 Å². The second kappa shape index (κ2) is 7.74. The third-order valence-corrected chi connectivity index (χ3v) is 4.59. The molecule has 0 aliphatic carbocycles. The summed E-state index contributed by atoms with van der Waals surface area (Å²) in [6.45, 7) is 7.76. The van der Waals surface area contributed by atoms with Crippen LogP contribution < -0.4 is 10.6 Å². The summed E-state index contributed by atoms with van der Waals surface area (Å²) < 4.78 is 0. The van der Waals surface area contributed by atoms with Crippen molar-refractivity contribution in [1.29, 1.82) is 0 Å². The van der Waals surface area contributed by atoms with Gasteiger partial charge in [-0.3, -0.25) is 9.89 Å². The van der Waals surface area contributed by atoms with Gasteiger partial charge in [0, 0.05) is 30.3 Å². The van der Waals surface area contributed by atoms with Crippen LogP contribution in [0.2, 0.25) is 0 Å². The summed E-state index contributed by atoms with van der Waals surface area (Å²) in [5.41, 5.74) is 4.35. The number of amides is 1. The molecule has 1 aliphatic heterocycles. The fourth-order valence-electron chi connectivity index (χ4n) is 3.22. The predicted octanol–water partition coefficient (Wildman–Crippen LogP) is 2.16. The maximum atomic E-state index is 12.3. The van der Waals surface area contributed by atoms with Crippen molar-refractivity contribution in [2.45, 2.75) is 52.4 Å². The summed E-state index contributed by atoms with van der Waals surface area (Å²) in [7, 11) is 0. The van der Waals surface area contributed by atoms with Crippen molar-refractivity contribution in [3.05, 3.63) is 34.7 Å². The van der Waals surface area contributed by atoms with Crippen LogP contribution in [0.15, 0.2) is 6.07 Å². The molecule has 1 fully saturated rings. The van der Waals surface area contributed by atoms with E-state index in [0.29, 0.717) is 18.8 Å². The van der Waals surface area contributed by atoms with Gasteiger partial charge >= 0.3 is 0 Å². The van der Waals surface area contributed by atoms with Gasteiger partial charge in [-0.05, 0) is 52.6 Å². The van der Waals surface area contributed by atoms with Crippen LogP contribution in [0.25, 0.3) is 0 Å². The van der Waals surface area contributed by atoms with Gasteiger partial charge in [0.15, 0.2) is 0 Å². The zero-order valence-corrected chi connectivity index (χ0v) is 15.1. The van der Waals surface area contributed by atoms with E-state index >= 15 is 0 Å². The van der Waals surface area contributed by atoms with E-state index in [1.807, 2.05) is 26.8 Å². The summed E-state index contributed by atoms with van der Waals surface area (Å²) in [5, 5.41) is 13.3. The van der Waals surface area contributed by atoms with E-state index in [4.69, 9.17) is 4.98 Å². The van der Waals surface area contributed by atoms with Gasteiger partial charge in [-0.1, -0.05) is 0 Å². The van der Waals surface area contributed by atoms with Crippen LogP contribution in [0.4, 0.5) is 5.69 Å². The maximum absolute atomic E-state index is 12.3. The van der Waals surface area contributed by atoms with Crippen molar-refractivity contribution in [2.75, 3.05) is 18.4 Å². The number of hydrogen-bond acceptors (Lipinski definition) is 5. The Bertz CT molecular complexity index is 729. The van der Waals surface area contributed by atoms with Crippen molar-refractivity contribution >= 4 is 11.6 Å². The molecule has 1 saturated heterocycles. The number of nitrogens with zero attached hydrogens (tertiary/aromatic N) is 3. The lowest BCUT2D eigenvalue weighted by Crippen LogP contribution is -2.29. The first kappa shape index (κ1) is 17.5. The van der Waals surface area contributed by atoms with Crippen LogP contribution in [0.1, 0.15) is 53.8 Å². The molecule has 1 amide bonds. The third kappa shape index (κ3) is 4.42. The van der Waals surface area contributed by atoms with E-state index < -0.39 is 0 Å². The Morgan fingerprint density at radius 3 is 2.84 bits per heavy atom. The van der Waals surface area contributed by atoms with Gasteiger partial charge in [0.05, 0.1) is 17.1 Å². The molecule has 2 aromatic heterocycles. The van der Waals surface area contributed by atoms with Crippen molar-refractivity contribution < 1.29 is 4.79 Å². The van der Waals surface area contributed by atoms with E-state index in [1.54, 1.807) is 0 Å². The highest BCUT2D eigenvalue weighted by Gasteiger charge is 2.19. The molecule has 2 aromatic rings. The van der Waals surface area contributed by atoms with Crippen LogP contribution in [0.5, 0.6) is 0 Å². The third-order valence-electron chi connectivity index (χ3n) is 4.59. The number of carbonyl (C=O) groups excluding carboxylic acids is 1. The lowest BCUT2D eigenvalue weighted by molar-refractivity contribution is -0.116. The first-order valence-electron chi connectivity index (χ1n) is 8.89. The van der Waals surface area contributed by atoms with Gasteiger partial charge in [-0.2, -0.15) is 5.10 Å². The molecule has 1 atom stereocenters. The highest BCUT2D eigenvalue weighted by molar-refractivity contribution is 5.91. The van der Waals surface area contributed by atoms with E-state index in [1.165, 1.54) is 0 Å². The first-order chi connectivity index (χ1) is 12.0. The second-order valence-electron chi connectivity index (χ2n) is 6.76. The molecule has 3 N–H and O–H groups in total. The molecule has 0 bridgehead atoms. The number of piperidine rings is 1. The van der Waals surface area contributed by atoms with E-state index in [0.717, 1.165) is 60.2 Å². The number of anilines is 1. The van der Waals surface area contributed by atoms with E-state index in [-0.39, 0.29) is 5.91 Å². The smallest absolute Gasteiger partial charge is 0.224 e. The SMILES string of the molecule is Cc1cc(CCC(=O)Nc2c(C)n[nH]c2C)nc([C@@H]2CCCNC2)n1. The quantitative estimate of drug-likeness (QED) is 0.774. The number of nitrogens with one attached hydrogen (secondary N) is 3. The number of aromatic amines is 1. The van der Waals surface area contributed by atoms with Gasteiger partial charge in [0.1, 0.15) is 5.82 Å². The van der Waals surface area contributed by atoms with Gasteiger partial charge in [-0.15, -0.1) is 0 Å². The molecular weight excluding hydrogens is 316 g/mol. The highest BCUT2D eigenvalue weighted by atomic mass is 16.1. The van der Waals surface area contributed by atoms with Crippen molar-refractivity contribution in [3.8, 4) is 0 Å². The Hall–Kier alpha value is -2.28. The number of aromatic nitrogens is 4. The summed E-state index contributed by atoms with van der Waals surface area (Å²) in [6, 6.07) is 1.97. The molecule has 134 valence electrons. The summed E-state index contributed by atoms with van der Waals surface area (Å²) in [4.78, 5) is 21.6. The summed E-state index contributed by atoms with van der Waals surface area (Å²) in [6.07, 6.45) is 3.28. The van der Waals surface area contributed by atoms with E-state index in [9.17, 15) is 4.79 Å². The van der Waals surface area contributed by atoms with E-state index in [2.05, 4.69) is 25.8 Å². The van der Waals surface area contributed by atoms with Crippen molar-refractivity contribution in [2.24, 2.45) is 0 Å². The molecule has 7 heteroatoms. The zero-order valence-electron chi connectivity index (χ0n) is 15.1. The standard InChI is InChI=1S/C18H26N6O/c1-11-9-15(21-18(20-11)14-5-4-8-19-10-14)6-7-16(25)22-17-12(2)23-24-13(17)3/h9,14,19H,4-8,10H2,1-3H3,(H,22,25)(H,23,24)/t14-/m1/s1. The van der Waals surface area contributed by atoms with Gasteiger partial charge in [-0.25, -0.2) is 9.97 Å². The Morgan fingerprint density at radius 1 is 1.32 bits per heavy atom. The zero-order chi connectivity index (χ0) is 17.8. The Morgan fingerprint density at radius 2 is 2.16 bits per heavy atom. The molecule has 7 nitrogen and oxygen atoms in total.